The van der Waals surface area contributed by atoms with E-state index in [2.05, 4.69) is 10.3 Å². The molecule has 1 heterocycles. The third kappa shape index (κ3) is 2.31. The number of oxazole rings is 1. The van der Waals surface area contributed by atoms with E-state index in [1.54, 1.807) is 6.26 Å². The summed E-state index contributed by atoms with van der Waals surface area (Å²) in [7, 11) is 0. The van der Waals surface area contributed by atoms with E-state index in [0.29, 0.717) is 6.04 Å². The highest BCUT2D eigenvalue weighted by atomic mass is 16.3. The Hall–Kier alpha value is -0.830. The van der Waals surface area contributed by atoms with Crippen LogP contribution < -0.4 is 5.32 Å². The first kappa shape index (κ1) is 8.75. The predicted octanol–water partition coefficient (Wildman–Crippen LogP) is 2.02. The summed E-state index contributed by atoms with van der Waals surface area (Å²) in [6.45, 7) is 2.72. The fraction of sp³-hybridized carbons (Fsp3) is 0.700. The van der Waals surface area contributed by atoms with Crippen LogP contribution in [0.4, 0.5) is 0 Å². The van der Waals surface area contributed by atoms with E-state index in [9.17, 15) is 0 Å². The lowest BCUT2D eigenvalue weighted by Crippen LogP contribution is -2.25. The highest BCUT2D eigenvalue weighted by Crippen LogP contribution is 2.17. The van der Waals surface area contributed by atoms with Crippen LogP contribution in [0.3, 0.4) is 0 Å². The molecule has 3 nitrogen and oxygen atoms in total. The van der Waals surface area contributed by atoms with Crippen molar-refractivity contribution in [2.45, 2.75) is 45.2 Å². The van der Waals surface area contributed by atoms with E-state index in [1.165, 1.54) is 25.7 Å². The lowest BCUT2D eigenvalue weighted by molar-refractivity contribution is 0.434. The Balaban J connectivity index is 1.78. The quantitative estimate of drug-likeness (QED) is 0.773. The number of aromatic nitrogens is 1. The number of hydrogen-bond donors (Lipinski definition) is 1. The molecule has 0 bridgehead atoms. The summed E-state index contributed by atoms with van der Waals surface area (Å²) in [5, 5.41) is 3.45. The van der Waals surface area contributed by atoms with Crippen LogP contribution in [0.1, 0.15) is 37.3 Å². The summed E-state index contributed by atoms with van der Waals surface area (Å²) < 4.78 is 5.25. The fourth-order valence-corrected chi connectivity index (χ4v) is 1.85. The lowest BCUT2D eigenvalue weighted by atomic mass is 10.2. The van der Waals surface area contributed by atoms with Crippen LogP contribution in [0.25, 0.3) is 0 Å². The zero-order valence-corrected chi connectivity index (χ0v) is 8.05. The minimum absolute atomic E-state index is 0.687. The van der Waals surface area contributed by atoms with Crippen molar-refractivity contribution in [1.29, 1.82) is 0 Å². The summed E-state index contributed by atoms with van der Waals surface area (Å²) in [4.78, 5) is 4.24. The molecule has 0 amide bonds. The molecule has 0 saturated heterocycles. The van der Waals surface area contributed by atoms with Gasteiger partial charge in [0.25, 0.3) is 0 Å². The number of aryl methyl sites for hydroxylation is 1. The molecule has 0 radical (unpaired) electrons. The summed E-state index contributed by atoms with van der Waals surface area (Å²) in [5.41, 5.74) is 0.961. The molecular weight excluding hydrogens is 164 g/mol. The van der Waals surface area contributed by atoms with Gasteiger partial charge in [-0.25, -0.2) is 4.98 Å². The highest BCUT2D eigenvalue weighted by Gasteiger charge is 2.14. The predicted molar refractivity (Wildman–Crippen MR) is 50.3 cm³/mol. The Kier molecular flexibility index (Phi) is 2.64. The second-order valence-electron chi connectivity index (χ2n) is 3.74. The summed E-state index contributed by atoms with van der Waals surface area (Å²) in [6.07, 6.45) is 7.04. The van der Waals surface area contributed by atoms with Gasteiger partial charge in [-0.2, -0.15) is 0 Å². The average molecular weight is 180 g/mol. The average Bonchev–Trinajstić information content (AvgIpc) is 2.71. The first-order valence-electron chi connectivity index (χ1n) is 4.99. The van der Waals surface area contributed by atoms with Gasteiger partial charge in [0.05, 0.1) is 12.2 Å². The van der Waals surface area contributed by atoms with Crippen molar-refractivity contribution in [3.63, 3.8) is 0 Å². The highest BCUT2D eigenvalue weighted by molar-refractivity contribution is 4.92. The molecule has 72 valence electrons. The van der Waals surface area contributed by atoms with E-state index in [0.717, 1.165) is 18.1 Å². The van der Waals surface area contributed by atoms with Crippen LogP contribution in [0.15, 0.2) is 10.7 Å². The summed E-state index contributed by atoms with van der Waals surface area (Å²) in [6, 6.07) is 0.687. The van der Waals surface area contributed by atoms with Crippen LogP contribution in [0.2, 0.25) is 0 Å². The molecule has 0 spiro atoms. The number of nitrogens with one attached hydrogen (secondary N) is 1. The number of hydrogen-bond acceptors (Lipinski definition) is 3. The second-order valence-corrected chi connectivity index (χ2v) is 3.74. The molecule has 1 aliphatic rings. The van der Waals surface area contributed by atoms with Gasteiger partial charge < -0.3 is 9.73 Å². The monoisotopic (exact) mass is 180 g/mol. The van der Waals surface area contributed by atoms with Crippen LogP contribution >= 0.6 is 0 Å². The van der Waals surface area contributed by atoms with Gasteiger partial charge in [-0.15, -0.1) is 0 Å². The molecular formula is C10H16N2O. The Bertz CT molecular complexity index is 264. The van der Waals surface area contributed by atoms with Crippen molar-refractivity contribution in [2.24, 2.45) is 0 Å². The molecule has 0 aliphatic heterocycles. The summed E-state index contributed by atoms with van der Waals surface area (Å²) >= 11 is 0. The van der Waals surface area contributed by atoms with Gasteiger partial charge in [-0.3, -0.25) is 0 Å². The standard InChI is InChI=1S/C10H16N2O/c1-8-7-13-10(12-8)6-11-9-4-2-3-5-9/h7,9,11H,2-6H2,1H3. The first-order chi connectivity index (χ1) is 6.34. The maximum atomic E-state index is 5.25. The third-order valence-corrected chi connectivity index (χ3v) is 2.56. The molecule has 13 heavy (non-hydrogen) atoms. The smallest absolute Gasteiger partial charge is 0.208 e. The molecule has 0 atom stereocenters. The van der Waals surface area contributed by atoms with E-state index in [4.69, 9.17) is 4.42 Å². The first-order valence-corrected chi connectivity index (χ1v) is 4.99. The van der Waals surface area contributed by atoms with E-state index < -0.39 is 0 Å². The van der Waals surface area contributed by atoms with Gasteiger partial charge >= 0.3 is 0 Å². The van der Waals surface area contributed by atoms with Gasteiger partial charge in [0.2, 0.25) is 5.89 Å². The van der Waals surface area contributed by atoms with Gasteiger partial charge in [0, 0.05) is 6.04 Å². The molecule has 1 N–H and O–H groups in total. The van der Waals surface area contributed by atoms with Crippen LogP contribution in [0, 0.1) is 6.92 Å². The fourth-order valence-electron chi connectivity index (χ4n) is 1.85. The van der Waals surface area contributed by atoms with Crippen molar-refractivity contribution in [2.75, 3.05) is 0 Å². The zero-order chi connectivity index (χ0) is 9.10. The Morgan fingerprint density at radius 1 is 1.54 bits per heavy atom. The SMILES string of the molecule is Cc1coc(CNC2CCCC2)n1. The minimum atomic E-state index is 0.687. The van der Waals surface area contributed by atoms with Crippen LogP contribution in [0.5, 0.6) is 0 Å². The van der Waals surface area contributed by atoms with Crippen molar-refractivity contribution in [3.8, 4) is 0 Å². The van der Waals surface area contributed by atoms with Gasteiger partial charge in [-0.1, -0.05) is 12.8 Å². The van der Waals surface area contributed by atoms with Crippen LogP contribution in [-0.4, -0.2) is 11.0 Å². The molecule has 1 aromatic heterocycles. The Morgan fingerprint density at radius 2 is 2.31 bits per heavy atom. The second kappa shape index (κ2) is 3.92. The topological polar surface area (TPSA) is 38.1 Å². The van der Waals surface area contributed by atoms with Crippen molar-refractivity contribution in [1.82, 2.24) is 10.3 Å². The van der Waals surface area contributed by atoms with Gasteiger partial charge in [0.15, 0.2) is 0 Å². The largest absolute Gasteiger partial charge is 0.447 e. The lowest BCUT2D eigenvalue weighted by Gasteiger charge is -2.08. The molecule has 1 fully saturated rings. The zero-order valence-electron chi connectivity index (χ0n) is 8.05. The molecule has 3 heteroatoms. The Morgan fingerprint density at radius 3 is 2.92 bits per heavy atom. The van der Waals surface area contributed by atoms with E-state index >= 15 is 0 Å². The third-order valence-electron chi connectivity index (χ3n) is 2.56. The number of rotatable bonds is 3. The van der Waals surface area contributed by atoms with E-state index in [1.807, 2.05) is 6.92 Å². The van der Waals surface area contributed by atoms with E-state index in [-0.39, 0.29) is 0 Å². The molecule has 1 aliphatic carbocycles. The molecule has 0 aromatic carbocycles. The van der Waals surface area contributed by atoms with Gasteiger partial charge in [-0.05, 0) is 19.8 Å². The minimum Gasteiger partial charge on any atom is -0.447 e. The molecule has 0 unspecified atom stereocenters. The van der Waals surface area contributed by atoms with Crippen molar-refractivity contribution in [3.05, 3.63) is 17.8 Å². The van der Waals surface area contributed by atoms with Crippen molar-refractivity contribution >= 4 is 0 Å². The summed E-state index contributed by atoms with van der Waals surface area (Å²) in [5.74, 6) is 0.810. The normalized spacial score (nSPS) is 18.2. The molecule has 2 rings (SSSR count). The maximum Gasteiger partial charge on any atom is 0.208 e. The van der Waals surface area contributed by atoms with Crippen LogP contribution in [-0.2, 0) is 6.54 Å². The Labute approximate surface area is 78.5 Å². The van der Waals surface area contributed by atoms with Crippen molar-refractivity contribution < 1.29 is 4.42 Å². The number of nitrogens with zero attached hydrogens (tertiary/aromatic N) is 1. The molecule has 1 aromatic rings. The van der Waals surface area contributed by atoms with Gasteiger partial charge in [0.1, 0.15) is 6.26 Å². The molecule has 1 saturated carbocycles. The maximum absolute atomic E-state index is 5.25.